The predicted octanol–water partition coefficient (Wildman–Crippen LogP) is 3.38. The highest BCUT2D eigenvalue weighted by Gasteiger charge is 2.20. The third-order valence-corrected chi connectivity index (χ3v) is 5.06. The van der Waals surface area contributed by atoms with Crippen LogP contribution in [0.25, 0.3) is 0 Å². The van der Waals surface area contributed by atoms with E-state index in [-0.39, 0.29) is 0 Å². The summed E-state index contributed by atoms with van der Waals surface area (Å²) in [6.45, 7) is 10.4. The molecule has 1 N–H and O–H groups in total. The second-order valence-corrected chi connectivity index (χ2v) is 7.17. The van der Waals surface area contributed by atoms with Gasteiger partial charge in [-0.15, -0.1) is 11.3 Å². The number of nitrogens with one attached hydrogen (secondary N) is 1. The first-order valence-electron chi connectivity index (χ1n) is 8.14. The fourth-order valence-electron chi connectivity index (χ4n) is 2.67. The molecule has 2 heterocycles. The van der Waals surface area contributed by atoms with E-state index < -0.39 is 0 Å². The number of thiazole rings is 1. The van der Waals surface area contributed by atoms with Gasteiger partial charge in [-0.1, -0.05) is 20.8 Å². The van der Waals surface area contributed by atoms with Crippen molar-refractivity contribution in [1.29, 1.82) is 0 Å². The van der Waals surface area contributed by atoms with Crippen LogP contribution >= 0.6 is 11.3 Å². The first kappa shape index (κ1) is 16.7. The summed E-state index contributed by atoms with van der Waals surface area (Å²) in [6, 6.07) is 0. The second kappa shape index (κ2) is 8.11. The highest BCUT2D eigenvalue weighted by Crippen LogP contribution is 2.30. The van der Waals surface area contributed by atoms with Crippen molar-refractivity contribution in [3.63, 3.8) is 0 Å². The molecule has 1 fully saturated rings. The molecule has 0 amide bonds. The molecule has 4 nitrogen and oxygen atoms in total. The van der Waals surface area contributed by atoms with E-state index >= 15 is 0 Å². The zero-order valence-corrected chi connectivity index (χ0v) is 14.6. The fraction of sp³-hybridized carbons (Fsp3) is 0.812. The van der Waals surface area contributed by atoms with E-state index in [1.54, 1.807) is 0 Å². The summed E-state index contributed by atoms with van der Waals surface area (Å²) in [5, 5.41) is 4.55. The third-order valence-electron chi connectivity index (χ3n) is 3.88. The minimum Gasteiger partial charge on any atom is -0.376 e. The normalized spacial score (nSPS) is 19.2. The Morgan fingerprint density at radius 1 is 1.43 bits per heavy atom. The number of ether oxygens (including phenoxy) is 1. The summed E-state index contributed by atoms with van der Waals surface area (Å²) in [4.78, 5) is 8.52. The SMILES string of the molecule is CCNCc1sc(N(C)CC2CCCCO2)nc1C(C)C. The standard InChI is InChI=1S/C16H29N3OS/c1-5-17-10-14-15(12(2)3)18-16(21-14)19(4)11-13-8-6-7-9-20-13/h12-13,17H,5-11H2,1-4H3. The van der Waals surface area contributed by atoms with Crippen molar-refractivity contribution in [2.24, 2.45) is 0 Å². The highest BCUT2D eigenvalue weighted by molar-refractivity contribution is 7.15. The molecule has 0 spiro atoms. The largest absolute Gasteiger partial charge is 0.376 e. The summed E-state index contributed by atoms with van der Waals surface area (Å²) in [7, 11) is 2.14. The summed E-state index contributed by atoms with van der Waals surface area (Å²) in [5.74, 6) is 0.475. The van der Waals surface area contributed by atoms with E-state index in [1.807, 2.05) is 11.3 Å². The average molecular weight is 311 g/mol. The van der Waals surface area contributed by atoms with Gasteiger partial charge in [0.1, 0.15) is 0 Å². The molecule has 1 aliphatic heterocycles. The van der Waals surface area contributed by atoms with Gasteiger partial charge in [-0.05, 0) is 31.7 Å². The molecule has 2 rings (SSSR count). The smallest absolute Gasteiger partial charge is 0.185 e. The molecule has 1 aromatic heterocycles. The third kappa shape index (κ3) is 4.66. The van der Waals surface area contributed by atoms with Crippen molar-refractivity contribution in [3.05, 3.63) is 10.6 Å². The van der Waals surface area contributed by atoms with Crippen LogP contribution in [0.5, 0.6) is 0 Å². The van der Waals surface area contributed by atoms with Crippen molar-refractivity contribution in [2.45, 2.75) is 58.6 Å². The highest BCUT2D eigenvalue weighted by atomic mass is 32.1. The van der Waals surface area contributed by atoms with E-state index in [0.717, 1.165) is 31.4 Å². The molecule has 1 saturated heterocycles. The average Bonchev–Trinajstić information content (AvgIpc) is 2.90. The number of hydrogen-bond acceptors (Lipinski definition) is 5. The van der Waals surface area contributed by atoms with Crippen LogP contribution in [-0.2, 0) is 11.3 Å². The van der Waals surface area contributed by atoms with Crippen LogP contribution in [0, 0.1) is 0 Å². The fourth-order valence-corrected chi connectivity index (χ4v) is 3.82. The number of rotatable bonds is 7. The number of nitrogens with zero attached hydrogens (tertiary/aromatic N) is 2. The van der Waals surface area contributed by atoms with Crippen molar-refractivity contribution < 1.29 is 4.74 Å². The Bertz CT molecular complexity index is 427. The Balaban J connectivity index is 2.03. The summed E-state index contributed by atoms with van der Waals surface area (Å²) in [5.41, 5.74) is 1.24. The zero-order valence-electron chi connectivity index (χ0n) is 13.8. The molecule has 1 aliphatic rings. The molecule has 1 aromatic rings. The number of likely N-dealkylation sites (N-methyl/N-ethyl adjacent to an activating group) is 1. The Morgan fingerprint density at radius 3 is 2.86 bits per heavy atom. The van der Waals surface area contributed by atoms with Crippen molar-refractivity contribution in [3.8, 4) is 0 Å². The van der Waals surface area contributed by atoms with Gasteiger partial charge in [-0.25, -0.2) is 4.98 Å². The van der Waals surface area contributed by atoms with Gasteiger partial charge in [0.15, 0.2) is 5.13 Å². The molecule has 21 heavy (non-hydrogen) atoms. The molecular weight excluding hydrogens is 282 g/mol. The van der Waals surface area contributed by atoms with Gasteiger partial charge in [-0.2, -0.15) is 0 Å². The van der Waals surface area contributed by atoms with Gasteiger partial charge in [0, 0.05) is 31.6 Å². The van der Waals surface area contributed by atoms with E-state index in [9.17, 15) is 0 Å². The van der Waals surface area contributed by atoms with E-state index in [1.165, 1.54) is 29.8 Å². The lowest BCUT2D eigenvalue weighted by Crippen LogP contribution is -2.33. The van der Waals surface area contributed by atoms with Crippen LogP contribution in [0.4, 0.5) is 5.13 Å². The van der Waals surface area contributed by atoms with Gasteiger partial charge >= 0.3 is 0 Å². The first-order valence-corrected chi connectivity index (χ1v) is 8.96. The summed E-state index contributed by atoms with van der Waals surface area (Å²) < 4.78 is 5.84. The van der Waals surface area contributed by atoms with Crippen molar-refractivity contribution in [2.75, 3.05) is 31.6 Å². The maximum absolute atomic E-state index is 5.84. The van der Waals surface area contributed by atoms with Gasteiger partial charge in [0.05, 0.1) is 11.8 Å². The predicted molar refractivity (Wildman–Crippen MR) is 90.4 cm³/mol. The van der Waals surface area contributed by atoms with E-state index in [2.05, 4.69) is 38.0 Å². The number of aromatic nitrogens is 1. The molecule has 5 heteroatoms. The lowest BCUT2D eigenvalue weighted by Gasteiger charge is -2.27. The topological polar surface area (TPSA) is 37.4 Å². The molecular formula is C16H29N3OS. The first-order chi connectivity index (χ1) is 10.1. The van der Waals surface area contributed by atoms with Crippen LogP contribution in [0.3, 0.4) is 0 Å². The van der Waals surface area contributed by atoms with Crippen LogP contribution in [0.15, 0.2) is 0 Å². The molecule has 1 atom stereocenters. The van der Waals surface area contributed by atoms with Crippen molar-refractivity contribution >= 4 is 16.5 Å². The second-order valence-electron chi connectivity index (χ2n) is 6.11. The Labute approximate surface area is 132 Å². The maximum atomic E-state index is 5.84. The van der Waals surface area contributed by atoms with Gasteiger partial charge in [0.25, 0.3) is 0 Å². The summed E-state index contributed by atoms with van der Waals surface area (Å²) in [6.07, 6.45) is 4.05. The molecule has 0 saturated carbocycles. The number of hydrogen-bond donors (Lipinski definition) is 1. The molecule has 0 radical (unpaired) electrons. The van der Waals surface area contributed by atoms with Gasteiger partial charge in [0.2, 0.25) is 0 Å². The van der Waals surface area contributed by atoms with Crippen LogP contribution < -0.4 is 10.2 Å². The minimum atomic E-state index is 0.368. The molecule has 0 aromatic carbocycles. The molecule has 1 unspecified atom stereocenters. The van der Waals surface area contributed by atoms with E-state index in [0.29, 0.717) is 12.0 Å². The van der Waals surface area contributed by atoms with Crippen molar-refractivity contribution in [1.82, 2.24) is 10.3 Å². The molecule has 120 valence electrons. The van der Waals surface area contributed by atoms with E-state index in [4.69, 9.17) is 9.72 Å². The lowest BCUT2D eigenvalue weighted by molar-refractivity contribution is 0.0216. The maximum Gasteiger partial charge on any atom is 0.185 e. The Hall–Kier alpha value is -0.650. The van der Waals surface area contributed by atoms with Crippen LogP contribution in [-0.4, -0.2) is 37.8 Å². The van der Waals surface area contributed by atoms with Gasteiger partial charge in [-0.3, -0.25) is 0 Å². The zero-order chi connectivity index (χ0) is 15.2. The van der Waals surface area contributed by atoms with Gasteiger partial charge < -0.3 is 15.0 Å². The Morgan fingerprint density at radius 2 is 2.24 bits per heavy atom. The Kier molecular flexibility index (Phi) is 6.45. The quantitative estimate of drug-likeness (QED) is 0.837. The van der Waals surface area contributed by atoms with Crippen LogP contribution in [0.1, 0.15) is 56.5 Å². The lowest BCUT2D eigenvalue weighted by atomic mass is 10.1. The van der Waals surface area contributed by atoms with Crippen LogP contribution in [0.2, 0.25) is 0 Å². The minimum absolute atomic E-state index is 0.368. The number of anilines is 1. The summed E-state index contributed by atoms with van der Waals surface area (Å²) >= 11 is 1.82. The molecule has 0 aliphatic carbocycles. The monoisotopic (exact) mass is 311 g/mol. The molecule has 0 bridgehead atoms.